The predicted octanol–water partition coefficient (Wildman–Crippen LogP) is 1.43. The average Bonchev–Trinajstić information content (AvgIpc) is 3.04. The molecular formula is C17H15ClN4O3. The Hall–Kier alpha value is -2.85. The molecule has 128 valence electrons. The van der Waals surface area contributed by atoms with Crippen molar-refractivity contribution in [1.82, 2.24) is 9.13 Å². The molecule has 1 aromatic heterocycles. The molecule has 25 heavy (non-hydrogen) atoms. The maximum absolute atomic E-state index is 12.5. The third-order valence-electron chi connectivity index (χ3n) is 4.14. The van der Waals surface area contributed by atoms with E-state index in [1.807, 2.05) is 13.0 Å². The van der Waals surface area contributed by atoms with Crippen LogP contribution in [0.4, 0.5) is 5.69 Å². The highest BCUT2D eigenvalue weighted by Gasteiger charge is 2.23. The summed E-state index contributed by atoms with van der Waals surface area (Å²) in [6.07, 6.45) is 1.21. The van der Waals surface area contributed by atoms with Crippen molar-refractivity contribution < 1.29 is 4.79 Å². The van der Waals surface area contributed by atoms with Crippen LogP contribution >= 0.6 is 11.6 Å². The number of nitriles is 1. The van der Waals surface area contributed by atoms with Gasteiger partial charge in [0.15, 0.2) is 0 Å². The van der Waals surface area contributed by atoms with Gasteiger partial charge in [-0.05, 0) is 37.5 Å². The highest BCUT2D eigenvalue weighted by atomic mass is 35.5. The SMILES string of the molecule is Cc1ccc(NC(=O)Cn2c(=O)c(C#N)c3n(c2=O)CCC3)c(Cl)c1. The van der Waals surface area contributed by atoms with Gasteiger partial charge in [0.1, 0.15) is 18.2 Å². The largest absolute Gasteiger partial charge is 0.331 e. The van der Waals surface area contributed by atoms with E-state index >= 15 is 0 Å². The van der Waals surface area contributed by atoms with Gasteiger partial charge >= 0.3 is 5.69 Å². The summed E-state index contributed by atoms with van der Waals surface area (Å²) in [5.41, 5.74) is 0.420. The summed E-state index contributed by atoms with van der Waals surface area (Å²) in [7, 11) is 0. The second kappa shape index (κ2) is 6.57. The molecule has 0 aliphatic carbocycles. The summed E-state index contributed by atoms with van der Waals surface area (Å²) >= 11 is 6.07. The fourth-order valence-electron chi connectivity index (χ4n) is 2.94. The standard InChI is InChI=1S/C17H15ClN4O3/c1-10-4-5-13(12(18)7-10)20-15(23)9-22-16(24)11(8-19)14-3-2-6-21(14)17(22)25/h4-5,7H,2-3,6,9H2,1H3,(H,20,23). The summed E-state index contributed by atoms with van der Waals surface area (Å²) in [4.78, 5) is 37.1. The van der Waals surface area contributed by atoms with Crippen molar-refractivity contribution in [3.63, 3.8) is 0 Å². The lowest BCUT2D eigenvalue weighted by atomic mass is 10.2. The van der Waals surface area contributed by atoms with Gasteiger partial charge < -0.3 is 5.32 Å². The Labute approximate surface area is 148 Å². The Kier molecular flexibility index (Phi) is 4.47. The topological polar surface area (TPSA) is 96.9 Å². The number of hydrogen-bond donors (Lipinski definition) is 1. The Morgan fingerprint density at radius 3 is 2.84 bits per heavy atom. The first-order chi connectivity index (χ1) is 11.9. The molecule has 7 nitrogen and oxygen atoms in total. The predicted molar refractivity (Wildman–Crippen MR) is 92.8 cm³/mol. The molecule has 1 aromatic carbocycles. The number of nitrogens with one attached hydrogen (secondary N) is 1. The summed E-state index contributed by atoms with van der Waals surface area (Å²) in [6, 6.07) is 6.98. The summed E-state index contributed by atoms with van der Waals surface area (Å²) < 4.78 is 2.19. The van der Waals surface area contributed by atoms with Crippen LogP contribution in [-0.4, -0.2) is 15.0 Å². The van der Waals surface area contributed by atoms with E-state index in [1.54, 1.807) is 18.2 Å². The van der Waals surface area contributed by atoms with Crippen molar-refractivity contribution in [2.45, 2.75) is 32.9 Å². The second-order valence-electron chi connectivity index (χ2n) is 5.89. The Balaban J connectivity index is 1.93. The molecule has 1 aliphatic heterocycles. The summed E-state index contributed by atoms with van der Waals surface area (Å²) in [6.45, 7) is 1.83. The number of benzene rings is 1. The van der Waals surface area contributed by atoms with Crippen LogP contribution in [-0.2, 0) is 24.3 Å². The minimum Gasteiger partial charge on any atom is -0.323 e. The van der Waals surface area contributed by atoms with E-state index in [1.165, 1.54) is 4.57 Å². The second-order valence-corrected chi connectivity index (χ2v) is 6.30. The number of carbonyl (C=O) groups excluding carboxylic acids is 1. The maximum Gasteiger partial charge on any atom is 0.331 e. The number of halogens is 1. The first-order valence-electron chi connectivity index (χ1n) is 7.75. The lowest BCUT2D eigenvalue weighted by molar-refractivity contribution is -0.116. The zero-order valence-corrected chi connectivity index (χ0v) is 14.3. The molecule has 0 spiro atoms. The molecule has 1 aliphatic rings. The zero-order chi connectivity index (χ0) is 18.1. The molecular weight excluding hydrogens is 344 g/mol. The van der Waals surface area contributed by atoms with Gasteiger partial charge in [-0.3, -0.25) is 14.2 Å². The number of anilines is 1. The van der Waals surface area contributed by atoms with Gasteiger partial charge in [-0.25, -0.2) is 9.36 Å². The van der Waals surface area contributed by atoms with Crippen molar-refractivity contribution in [1.29, 1.82) is 5.26 Å². The maximum atomic E-state index is 12.5. The molecule has 0 radical (unpaired) electrons. The van der Waals surface area contributed by atoms with Crippen LogP contribution in [0.2, 0.25) is 5.02 Å². The number of hydrogen-bond acceptors (Lipinski definition) is 4. The molecule has 2 heterocycles. The van der Waals surface area contributed by atoms with Gasteiger partial charge in [0.2, 0.25) is 5.91 Å². The van der Waals surface area contributed by atoms with Crippen LogP contribution in [0.15, 0.2) is 27.8 Å². The van der Waals surface area contributed by atoms with Gasteiger partial charge in [-0.2, -0.15) is 5.26 Å². The number of nitrogens with zero attached hydrogens (tertiary/aromatic N) is 3. The molecule has 1 N–H and O–H groups in total. The van der Waals surface area contributed by atoms with Crippen LogP contribution in [0.3, 0.4) is 0 Å². The Bertz CT molecular complexity index is 1030. The van der Waals surface area contributed by atoms with E-state index in [-0.39, 0.29) is 5.56 Å². The molecule has 8 heteroatoms. The third-order valence-corrected chi connectivity index (χ3v) is 4.46. The molecule has 2 aromatic rings. The fourth-order valence-corrected chi connectivity index (χ4v) is 3.23. The zero-order valence-electron chi connectivity index (χ0n) is 13.5. The first-order valence-corrected chi connectivity index (χ1v) is 8.12. The van der Waals surface area contributed by atoms with Crippen LogP contribution in [0, 0.1) is 18.3 Å². The number of rotatable bonds is 3. The third kappa shape index (κ3) is 3.08. The van der Waals surface area contributed by atoms with Gasteiger partial charge in [0.25, 0.3) is 5.56 Å². The van der Waals surface area contributed by atoms with Gasteiger partial charge in [-0.1, -0.05) is 17.7 Å². The molecule has 0 saturated heterocycles. The first kappa shape index (κ1) is 17.0. The van der Waals surface area contributed by atoms with Crippen LogP contribution in [0.25, 0.3) is 0 Å². The van der Waals surface area contributed by atoms with E-state index in [9.17, 15) is 19.6 Å². The summed E-state index contributed by atoms with van der Waals surface area (Å²) in [5.74, 6) is -0.563. The highest BCUT2D eigenvalue weighted by molar-refractivity contribution is 6.33. The van der Waals surface area contributed by atoms with Crippen LogP contribution < -0.4 is 16.6 Å². The smallest absolute Gasteiger partial charge is 0.323 e. The number of fused-ring (bicyclic) bond motifs is 1. The molecule has 0 unspecified atom stereocenters. The molecule has 0 saturated carbocycles. The van der Waals surface area contributed by atoms with Crippen molar-refractivity contribution in [3.8, 4) is 6.07 Å². The Morgan fingerprint density at radius 1 is 1.40 bits per heavy atom. The van der Waals surface area contributed by atoms with Crippen molar-refractivity contribution in [2.24, 2.45) is 0 Å². The van der Waals surface area contributed by atoms with E-state index in [0.29, 0.717) is 35.8 Å². The minimum atomic E-state index is -0.731. The number of aromatic nitrogens is 2. The highest BCUT2D eigenvalue weighted by Crippen LogP contribution is 2.22. The summed E-state index contributed by atoms with van der Waals surface area (Å²) in [5, 5.41) is 12.2. The normalized spacial score (nSPS) is 12.5. The minimum absolute atomic E-state index is 0.0710. The fraction of sp³-hybridized carbons (Fsp3) is 0.294. The molecule has 0 bridgehead atoms. The number of aryl methyl sites for hydroxylation is 1. The molecule has 3 rings (SSSR count). The van der Waals surface area contributed by atoms with Crippen molar-refractivity contribution >= 4 is 23.2 Å². The quantitative estimate of drug-likeness (QED) is 0.897. The van der Waals surface area contributed by atoms with E-state index in [0.717, 1.165) is 10.1 Å². The monoisotopic (exact) mass is 358 g/mol. The van der Waals surface area contributed by atoms with Gasteiger partial charge in [-0.15, -0.1) is 0 Å². The van der Waals surface area contributed by atoms with Crippen molar-refractivity contribution in [2.75, 3.05) is 5.32 Å². The molecule has 0 fully saturated rings. The number of carbonyl (C=O) groups is 1. The van der Waals surface area contributed by atoms with E-state index in [4.69, 9.17) is 11.6 Å². The average molecular weight is 359 g/mol. The van der Waals surface area contributed by atoms with E-state index < -0.39 is 23.7 Å². The number of amides is 1. The van der Waals surface area contributed by atoms with E-state index in [2.05, 4.69) is 5.32 Å². The lowest BCUT2D eigenvalue weighted by Crippen LogP contribution is -2.44. The van der Waals surface area contributed by atoms with Gasteiger partial charge in [0, 0.05) is 12.2 Å². The Morgan fingerprint density at radius 2 is 2.16 bits per heavy atom. The van der Waals surface area contributed by atoms with Crippen LogP contribution in [0.1, 0.15) is 23.2 Å². The van der Waals surface area contributed by atoms with Gasteiger partial charge in [0.05, 0.1) is 10.7 Å². The molecule has 0 atom stereocenters. The van der Waals surface area contributed by atoms with Crippen LogP contribution in [0.5, 0.6) is 0 Å². The lowest BCUT2D eigenvalue weighted by Gasteiger charge is -2.12. The van der Waals surface area contributed by atoms with Crippen molar-refractivity contribution in [3.05, 3.63) is 60.9 Å². The molecule has 1 amide bonds.